The van der Waals surface area contributed by atoms with Crippen LogP contribution in [-0.4, -0.2) is 29.6 Å². The molecule has 6 heteroatoms. The van der Waals surface area contributed by atoms with Crippen LogP contribution >= 0.6 is 0 Å². The Hall–Kier alpha value is -2.08. The van der Waals surface area contributed by atoms with E-state index < -0.39 is 23.5 Å². The zero-order valence-corrected chi connectivity index (χ0v) is 12.5. The van der Waals surface area contributed by atoms with Gasteiger partial charge in [0, 0.05) is 26.2 Å². The van der Waals surface area contributed by atoms with Crippen molar-refractivity contribution in [2.24, 2.45) is 4.99 Å². The maximum absolute atomic E-state index is 13.0. The molecule has 0 saturated heterocycles. The highest BCUT2D eigenvalue weighted by atomic mass is 19.4. The van der Waals surface area contributed by atoms with Gasteiger partial charge in [0.1, 0.15) is 11.4 Å². The van der Waals surface area contributed by atoms with Crippen LogP contribution in [0.5, 0.6) is 0 Å². The molecule has 3 aliphatic rings. The van der Waals surface area contributed by atoms with Gasteiger partial charge in [-0.1, -0.05) is 12.1 Å². The number of ether oxygens (including phenoxy) is 1. The number of benzene rings is 1. The molecule has 0 N–H and O–H groups in total. The molecule has 4 rings (SSSR count). The van der Waals surface area contributed by atoms with Gasteiger partial charge in [-0.15, -0.1) is 0 Å². The summed E-state index contributed by atoms with van der Waals surface area (Å²) in [4.78, 5) is 6.61. The number of nitrogens with zero attached hydrogens (tertiary/aromatic N) is 2. The normalized spacial score (nSPS) is 28.3. The molecule has 2 aliphatic heterocycles. The molecule has 0 amide bonds. The van der Waals surface area contributed by atoms with E-state index >= 15 is 0 Å². The number of rotatable bonds is 1. The van der Waals surface area contributed by atoms with E-state index in [1.54, 1.807) is 13.2 Å². The predicted octanol–water partition coefficient (Wildman–Crippen LogP) is 3.31. The summed E-state index contributed by atoms with van der Waals surface area (Å²) in [5, 5.41) is 0. The zero-order chi connectivity index (χ0) is 16.2. The Morgan fingerprint density at radius 1 is 1.22 bits per heavy atom. The summed E-state index contributed by atoms with van der Waals surface area (Å²) < 4.78 is 44.4. The molecular weight excluding hydrogens is 305 g/mol. The molecular formula is C17H15F3N2O. The van der Waals surface area contributed by atoms with Crippen molar-refractivity contribution in [2.75, 3.05) is 7.11 Å². The molecule has 0 fully saturated rings. The summed E-state index contributed by atoms with van der Waals surface area (Å²) in [6.45, 7) is 0. The van der Waals surface area contributed by atoms with Crippen molar-refractivity contribution in [3.05, 3.63) is 59.3 Å². The van der Waals surface area contributed by atoms with Crippen molar-refractivity contribution >= 4 is 5.84 Å². The zero-order valence-electron chi connectivity index (χ0n) is 12.5. The quantitative estimate of drug-likeness (QED) is 0.793. The van der Waals surface area contributed by atoms with Gasteiger partial charge in [0.25, 0.3) is 0 Å². The van der Waals surface area contributed by atoms with E-state index in [4.69, 9.17) is 4.74 Å². The average Bonchev–Trinajstić information content (AvgIpc) is 3.04. The largest absolute Gasteiger partial charge is 0.416 e. The van der Waals surface area contributed by atoms with Crippen LogP contribution in [0.2, 0.25) is 0 Å². The highest BCUT2D eigenvalue weighted by molar-refractivity contribution is 5.97. The standard InChI is InChI=1S/C17H15F3N2O/c1-23-15-16(22-7-3-2-4-14(22)21-15)9-11-5-6-13(17(18,19)20)8-12(11)10-16/h2-8,15H,9-10H2,1H3/t15?,16-/m0/s1. The van der Waals surface area contributed by atoms with Gasteiger partial charge in [0.15, 0.2) is 6.23 Å². The second-order valence-electron chi connectivity index (χ2n) is 6.08. The van der Waals surface area contributed by atoms with Crippen molar-refractivity contribution < 1.29 is 17.9 Å². The maximum Gasteiger partial charge on any atom is 0.416 e. The van der Waals surface area contributed by atoms with Crippen molar-refractivity contribution in [2.45, 2.75) is 30.8 Å². The fraction of sp³-hybridized carbons (Fsp3) is 0.353. The molecule has 0 aromatic heterocycles. The molecule has 1 unspecified atom stereocenters. The number of hydrogen-bond donors (Lipinski definition) is 0. The third-order valence-electron chi connectivity index (χ3n) is 4.78. The lowest BCUT2D eigenvalue weighted by atomic mass is 9.92. The van der Waals surface area contributed by atoms with Crippen LogP contribution in [0.15, 0.2) is 47.6 Å². The number of amidine groups is 1. The molecule has 2 atom stereocenters. The first-order valence-electron chi connectivity index (χ1n) is 7.38. The van der Waals surface area contributed by atoms with Gasteiger partial charge in [-0.3, -0.25) is 0 Å². The number of hydrogen-bond acceptors (Lipinski definition) is 3. The summed E-state index contributed by atoms with van der Waals surface area (Å²) in [7, 11) is 1.59. The average molecular weight is 320 g/mol. The Labute approximate surface area is 131 Å². The fourth-order valence-electron chi connectivity index (χ4n) is 3.75. The van der Waals surface area contributed by atoms with Crippen molar-refractivity contribution in [3.63, 3.8) is 0 Å². The second kappa shape index (κ2) is 4.71. The summed E-state index contributed by atoms with van der Waals surface area (Å²) in [6, 6.07) is 4.00. The van der Waals surface area contributed by atoms with Crippen molar-refractivity contribution in [1.29, 1.82) is 0 Å². The van der Waals surface area contributed by atoms with E-state index in [0.29, 0.717) is 12.8 Å². The molecule has 3 nitrogen and oxygen atoms in total. The van der Waals surface area contributed by atoms with E-state index in [-0.39, 0.29) is 0 Å². The van der Waals surface area contributed by atoms with Crippen LogP contribution in [0.3, 0.4) is 0 Å². The summed E-state index contributed by atoms with van der Waals surface area (Å²) in [6.07, 6.45) is 4.00. The minimum absolute atomic E-state index is 0.397. The Balaban J connectivity index is 1.74. The second-order valence-corrected chi connectivity index (χ2v) is 6.08. The lowest BCUT2D eigenvalue weighted by molar-refractivity contribution is -0.137. The van der Waals surface area contributed by atoms with E-state index in [1.807, 2.05) is 29.3 Å². The predicted molar refractivity (Wildman–Crippen MR) is 79.9 cm³/mol. The molecule has 120 valence electrons. The highest BCUT2D eigenvalue weighted by Gasteiger charge is 2.53. The van der Waals surface area contributed by atoms with Crippen LogP contribution in [0.4, 0.5) is 13.2 Å². The van der Waals surface area contributed by atoms with Gasteiger partial charge >= 0.3 is 6.18 Å². The van der Waals surface area contributed by atoms with E-state index in [2.05, 4.69) is 4.99 Å². The molecule has 1 aromatic carbocycles. The number of fused-ring (bicyclic) bond motifs is 3. The van der Waals surface area contributed by atoms with Gasteiger partial charge in [0.05, 0.1) is 5.56 Å². The molecule has 1 aliphatic carbocycles. The Kier molecular flexibility index (Phi) is 2.97. The number of alkyl halides is 3. The molecule has 23 heavy (non-hydrogen) atoms. The molecule has 1 aromatic rings. The lowest BCUT2D eigenvalue weighted by Gasteiger charge is -2.37. The van der Waals surface area contributed by atoms with Crippen molar-refractivity contribution in [1.82, 2.24) is 4.90 Å². The first-order chi connectivity index (χ1) is 10.9. The maximum atomic E-state index is 13.0. The van der Waals surface area contributed by atoms with Crippen LogP contribution in [0.25, 0.3) is 0 Å². The number of halogens is 3. The van der Waals surface area contributed by atoms with E-state index in [0.717, 1.165) is 23.0 Å². The summed E-state index contributed by atoms with van der Waals surface area (Å²) in [5.74, 6) is 0.795. The van der Waals surface area contributed by atoms with Crippen LogP contribution in [0, 0.1) is 0 Å². The molecule has 0 radical (unpaired) electrons. The van der Waals surface area contributed by atoms with Crippen LogP contribution in [-0.2, 0) is 23.8 Å². The van der Waals surface area contributed by atoms with Gasteiger partial charge in [-0.05, 0) is 35.4 Å². The third-order valence-corrected chi connectivity index (χ3v) is 4.78. The van der Waals surface area contributed by atoms with Crippen LogP contribution in [0.1, 0.15) is 16.7 Å². The van der Waals surface area contributed by atoms with Gasteiger partial charge in [0.2, 0.25) is 0 Å². The van der Waals surface area contributed by atoms with Gasteiger partial charge in [-0.25, -0.2) is 4.99 Å². The Bertz CT molecular complexity index is 751. The summed E-state index contributed by atoms with van der Waals surface area (Å²) >= 11 is 0. The number of allylic oxidation sites excluding steroid dienone is 2. The van der Waals surface area contributed by atoms with Crippen LogP contribution < -0.4 is 0 Å². The Morgan fingerprint density at radius 3 is 2.74 bits per heavy atom. The first-order valence-corrected chi connectivity index (χ1v) is 7.38. The molecule has 1 spiro atoms. The minimum Gasteiger partial charge on any atom is -0.357 e. The SMILES string of the molecule is COC1N=C2C=CC=CN2[C@]12Cc1ccc(C(F)(F)F)cc1C2. The highest BCUT2D eigenvalue weighted by Crippen LogP contribution is 2.44. The Morgan fingerprint density at radius 2 is 2.00 bits per heavy atom. The number of aliphatic imine (C=N–C) groups is 1. The topological polar surface area (TPSA) is 24.8 Å². The first kappa shape index (κ1) is 14.5. The molecule has 0 bridgehead atoms. The number of methoxy groups -OCH3 is 1. The summed E-state index contributed by atoms with van der Waals surface area (Å²) in [5.41, 5.74) is 0.578. The third kappa shape index (κ3) is 2.05. The fourth-order valence-corrected chi connectivity index (χ4v) is 3.75. The van der Waals surface area contributed by atoms with E-state index in [9.17, 15) is 13.2 Å². The monoisotopic (exact) mass is 320 g/mol. The minimum atomic E-state index is -4.32. The van der Waals surface area contributed by atoms with E-state index in [1.165, 1.54) is 6.07 Å². The molecule has 0 saturated carbocycles. The lowest BCUT2D eigenvalue weighted by Crippen LogP contribution is -2.52. The van der Waals surface area contributed by atoms with Gasteiger partial charge < -0.3 is 9.64 Å². The smallest absolute Gasteiger partial charge is 0.357 e. The van der Waals surface area contributed by atoms with Crippen molar-refractivity contribution in [3.8, 4) is 0 Å². The van der Waals surface area contributed by atoms with Gasteiger partial charge in [-0.2, -0.15) is 13.2 Å². The molecule has 2 heterocycles.